The number of methoxy groups -OCH3 is 1. The zero-order valence-corrected chi connectivity index (χ0v) is 5.69. The number of hydrogen-bond donors (Lipinski definition) is 0. The Morgan fingerprint density at radius 1 is 1.60 bits per heavy atom. The second-order valence-electron chi connectivity index (χ2n) is 1.44. The van der Waals surface area contributed by atoms with Gasteiger partial charge in [0, 0.05) is 0 Å². The van der Waals surface area contributed by atoms with Gasteiger partial charge in [-0.3, -0.25) is 0 Å². The Morgan fingerprint density at radius 3 is 2.40 bits per heavy atom. The van der Waals surface area contributed by atoms with Crippen molar-refractivity contribution in [3.63, 3.8) is 0 Å². The Bertz CT molecular complexity index is 124. The van der Waals surface area contributed by atoms with Gasteiger partial charge in [0.05, 0.1) is 13.7 Å². The van der Waals surface area contributed by atoms with Gasteiger partial charge in [-0.1, -0.05) is 0 Å². The Labute approximate surface area is 56.9 Å². The third-order valence-corrected chi connectivity index (χ3v) is 0.749. The summed E-state index contributed by atoms with van der Waals surface area (Å²) in [4.78, 5) is 10.1. The molecule has 0 rings (SSSR count). The molecule has 0 fully saturated rings. The molecule has 0 amide bonds. The molecule has 0 aliphatic heterocycles. The fourth-order valence-electron chi connectivity index (χ4n) is 0.359. The van der Waals surface area contributed by atoms with Crippen molar-refractivity contribution in [3.8, 4) is 0 Å². The van der Waals surface area contributed by atoms with Crippen LogP contribution in [0.1, 0.15) is 6.92 Å². The fourth-order valence-corrected chi connectivity index (χ4v) is 0.359. The number of halogens is 2. The molecule has 0 aromatic carbocycles. The van der Waals surface area contributed by atoms with E-state index in [2.05, 4.69) is 9.47 Å². The molecule has 0 radical (unpaired) electrons. The van der Waals surface area contributed by atoms with E-state index in [1.165, 1.54) is 6.92 Å². The summed E-state index contributed by atoms with van der Waals surface area (Å²) in [5, 5.41) is 0. The van der Waals surface area contributed by atoms with Crippen LogP contribution >= 0.6 is 0 Å². The molecule has 0 aromatic rings. The lowest BCUT2D eigenvalue weighted by atomic mass is 10.6. The highest BCUT2D eigenvalue weighted by molar-refractivity contribution is 5.75. The summed E-state index contributed by atoms with van der Waals surface area (Å²) >= 11 is 0. The fraction of sp³-hybridized carbons (Fsp3) is 0.800. The molecular weight excluding hydrogens is 146 g/mol. The van der Waals surface area contributed by atoms with E-state index >= 15 is 0 Å². The van der Waals surface area contributed by atoms with Gasteiger partial charge in [0.2, 0.25) is 0 Å². The zero-order valence-electron chi connectivity index (χ0n) is 5.69. The predicted octanol–water partition coefficient (Wildman–Crippen LogP) is 0.789. The minimum absolute atomic E-state index is 0.234. The second kappa shape index (κ2) is 3.46. The lowest BCUT2D eigenvalue weighted by Gasteiger charge is -2.11. The molecule has 0 heterocycles. The van der Waals surface area contributed by atoms with E-state index in [-0.39, 0.29) is 6.61 Å². The van der Waals surface area contributed by atoms with E-state index in [9.17, 15) is 13.6 Å². The third-order valence-electron chi connectivity index (χ3n) is 0.749. The lowest BCUT2D eigenvalue weighted by molar-refractivity contribution is -0.246. The highest BCUT2D eigenvalue weighted by atomic mass is 19.3. The van der Waals surface area contributed by atoms with Crippen LogP contribution < -0.4 is 0 Å². The Balaban J connectivity index is 3.96. The van der Waals surface area contributed by atoms with E-state index in [1.807, 2.05) is 0 Å². The van der Waals surface area contributed by atoms with Gasteiger partial charge < -0.3 is 9.47 Å². The molecule has 0 saturated carbocycles. The van der Waals surface area contributed by atoms with E-state index in [0.717, 1.165) is 7.11 Å². The predicted molar refractivity (Wildman–Crippen MR) is 28.6 cm³/mol. The first kappa shape index (κ1) is 9.29. The van der Waals surface area contributed by atoms with Crippen LogP contribution in [0.4, 0.5) is 8.78 Å². The van der Waals surface area contributed by atoms with Crippen molar-refractivity contribution in [1.82, 2.24) is 0 Å². The van der Waals surface area contributed by atoms with Gasteiger partial charge in [0.25, 0.3) is 0 Å². The average Bonchev–Trinajstić information content (AvgIpc) is 1.86. The molecule has 0 unspecified atom stereocenters. The average molecular weight is 154 g/mol. The standard InChI is InChI=1S/C5H8F2O3/c1-3-10-5(6,7)4(8)9-2/h3H2,1-2H3. The molecule has 0 spiro atoms. The van der Waals surface area contributed by atoms with Crippen LogP contribution in [-0.4, -0.2) is 25.8 Å². The summed E-state index contributed by atoms with van der Waals surface area (Å²) in [6.45, 7) is 1.12. The molecule has 0 N–H and O–H groups in total. The lowest BCUT2D eigenvalue weighted by Crippen LogP contribution is -2.32. The normalized spacial score (nSPS) is 11.2. The number of esters is 1. The van der Waals surface area contributed by atoms with E-state index in [4.69, 9.17) is 0 Å². The molecule has 0 aliphatic rings. The number of rotatable bonds is 3. The summed E-state index contributed by atoms with van der Waals surface area (Å²) in [5.74, 6) is -1.67. The van der Waals surface area contributed by atoms with Crippen molar-refractivity contribution in [2.75, 3.05) is 13.7 Å². The first-order chi connectivity index (χ1) is 4.54. The van der Waals surface area contributed by atoms with Crippen molar-refractivity contribution >= 4 is 5.97 Å². The highest BCUT2D eigenvalue weighted by Gasteiger charge is 2.41. The topological polar surface area (TPSA) is 35.5 Å². The second-order valence-corrected chi connectivity index (χ2v) is 1.44. The summed E-state index contributed by atoms with van der Waals surface area (Å²) in [5.41, 5.74) is 0. The monoisotopic (exact) mass is 154 g/mol. The zero-order chi connectivity index (χ0) is 8.20. The Kier molecular flexibility index (Phi) is 3.21. The summed E-state index contributed by atoms with van der Waals surface area (Å²) in [7, 11) is 0.870. The van der Waals surface area contributed by atoms with Crippen LogP contribution in [0.5, 0.6) is 0 Å². The minimum Gasteiger partial charge on any atom is -0.463 e. The molecule has 60 valence electrons. The maximum Gasteiger partial charge on any atom is 0.456 e. The molecule has 0 saturated heterocycles. The van der Waals surface area contributed by atoms with Gasteiger partial charge in [-0.25, -0.2) is 4.79 Å². The number of carbonyl (C=O) groups excluding carboxylic acids is 1. The number of ether oxygens (including phenoxy) is 2. The van der Waals surface area contributed by atoms with Crippen LogP contribution in [0.3, 0.4) is 0 Å². The van der Waals surface area contributed by atoms with Crippen molar-refractivity contribution in [3.05, 3.63) is 0 Å². The van der Waals surface area contributed by atoms with E-state index in [0.29, 0.717) is 0 Å². The summed E-state index contributed by atoms with van der Waals surface area (Å²) in [6, 6.07) is 0. The summed E-state index contributed by atoms with van der Waals surface area (Å²) in [6.07, 6.45) is -3.80. The maximum atomic E-state index is 12.1. The van der Waals surface area contributed by atoms with Crippen LogP contribution in [0.15, 0.2) is 0 Å². The van der Waals surface area contributed by atoms with Crippen LogP contribution in [0.25, 0.3) is 0 Å². The van der Waals surface area contributed by atoms with Crippen LogP contribution in [0, 0.1) is 0 Å². The Morgan fingerprint density at radius 2 is 2.10 bits per heavy atom. The van der Waals surface area contributed by atoms with Gasteiger partial charge in [-0.05, 0) is 6.92 Å². The van der Waals surface area contributed by atoms with E-state index < -0.39 is 12.1 Å². The molecule has 0 aliphatic carbocycles. The van der Waals surface area contributed by atoms with Gasteiger partial charge in [0.1, 0.15) is 0 Å². The molecule has 3 nitrogen and oxygen atoms in total. The SMILES string of the molecule is CCOC(F)(F)C(=O)OC. The van der Waals surface area contributed by atoms with Crippen LogP contribution in [0.2, 0.25) is 0 Å². The molecular formula is C5H8F2O3. The molecule has 0 aromatic heterocycles. The van der Waals surface area contributed by atoms with Crippen molar-refractivity contribution in [1.29, 1.82) is 0 Å². The number of carbonyl (C=O) groups is 1. The third kappa shape index (κ3) is 2.26. The first-order valence-corrected chi connectivity index (χ1v) is 2.64. The largest absolute Gasteiger partial charge is 0.463 e. The number of alkyl halides is 2. The van der Waals surface area contributed by atoms with Gasteiger partial charge in [-0.2, -0.15) is 8.78 Å². The van der Waals surface area contributed by atoms with Gasteiger partial charge in [0.15, 0.2) is 0 Å². The van der Waals surface area contributed by atoms with Crippen molar-refractivity contribution in [2.45, 2.75) is 13.0 Å². The highest BCUT2D eigenvalue weighted by Crippen LogP contribution is 2.15. The Hall–Kier alpha value is -0.710. The maximum absolute atomic E-state index is 12.1. The number of hydrogen-bond acceptors (Lipinski definition) is 3. The van der Waals surface area contributed by atoms with Crippen molar-refractivity contribution in [2.24, 2.45) is 0 Å². The van der Waals surface area contributed by atoms with E-state index in [1.54, 1.807) is 0 Å². The summed E-state index contributed by atoms with van der Waals surface area (Å²) < 4.78 is 31.8. The molecule has 5 heteroatoms. The minimum atomic E-state index is -3.80. The quantitative estimate of drug-likeness (QED) is 0.564. The molecule has 0 bridgehead atoms. The van der Waals surface area contributed by atoms with Crippen LogP contribution in [-0.2, 0) is 14.3 Å². The van der Waals surface area contributed by atoms with Gasteiger partial charge in [-0.15, -0.1) is 0 Å². The first-order valence-electron chi connectivity index (χ1n) is 2.64. The molecule has 10 heavy (non-hydrogen) atoms. The van der Waals surface area contributed by atoms with Crippen molar-refractivity contribution < 1.29 is 23.0 Å². The van der Waals surface area contributed by atoms with Gasteiger partial charge >= 0.3 is 12.1 Å². The molecule has 0 atom stereocenters. The smallest absolute Gasteiger partial charge is 0.456 e.